The number of aliphatic hydroxyl groups excluding tert-OH is 1. The molecule has 2 aromatic rings. The average molecular weight is 464 g/mol. The molecule has 0 aliphatic carbocycles. The maximum absolute atomic E-state index is 13.1. The first-order valence-corrected chi connectivity index (χ1v) is 10.7. The molecule has 0 unspecified atom stereocenters. The van der Waals surface area contributed by atoms with Gasteiger partial charge in [-0.1, -0.05) is 0 Å². The fourth-order valence-electron chi connectivity index (χ4n) is 3.55. The summed E-state index contributed by atoms with van der Waals surface area (Å²) in [5.74, 6) is -1.12. The quantitative estimate of drug-likeness (QED) is 0.581. The minimum absolute atomic E-state index is 0.0455. The van der Waals surface area contributed by atoms with E-state index in [0.717, 1.165) is 0 Å². The van der Waals surface area contributed by atoms with E-state index in [9.17, 15) is 18.8 Å². The summed E-state index contributed by atoms with van der Waals surface area (Å²) in [6.45, 7) is 0.454. The predicted octanol–water partition coefficient (Wildman–Crippen LogP) is 1.74. The van der Waals surface area contributed by atoms with Crippen molar-refractivity contribution >= 4 is 17.6 Å². The molecule has 1 aliphatic heterocycles. The number of halogens is 2. The number of Topliss-reactive ketones (excluding diaryl/α,β-unsaturated/α-hetero) is 1. The zero-order valence-corrected chi connectivity index (χ0v) is 18.2. The van der Waals surface area contributed by atoms with Crippen LogP contribution in [0.25, 0.3) is 0 Å². The van der Waals surface area contributed by atoms with Gasteiger partial charge in [0, 0.05) is 43.2 Å². The highest BCUT2D eigenvalue weighted by molar-refractivity contribution is 5.98. The van der Waals surface area contributed by atoms with E-state index in [1.165, 1.54) is 36.4 Å². The van der Waals surface area contributed by atoms with E-state index in [-0.39, 0.29) is 48.7 Å². The number of amides is 2. The molecule has 0 atom stereocenters. The minimum atomic E-state index is -0.451. The molecule has 2 aromatic carbocycles. The smallest absolute Gasteiger partial charge is 0.260 e. The molecule has 32 heavy (non-hydrogen) atoms. The Morgan fingerprint density at radius 1 is 1.12 bits per heavy atom. The van der Waals surface area contributed by atoms with Crippen LogP contribution in [0.5, 0.6) is 5.75 Å². The van der Waals surface area contributed by atoms with Crippen molar-refractivity contribution in [1.82, 2.24) is 10.2 Å². The van der Waals surface area contributed by atoms with Crippen molar-refractivity contribution in [3.8, 4) is 5.75 Å². The van der Waals surface area contributed by atoms with Crippen LogP contribution < -0.4 is 10.1 Å². The van der Waals surface area contributed by atoms with E-state index >= 15 is 0 Å². The molecule has 7 nitrogen and oxygen atoms in total. The number of hydrogen-bond donors (Lipinski definition) is 2. The topological polar surface area (TPSA) is 95.9 Å². The summed E-state index contributed by atoms with van der Waals surface area (Å²) in [7, 11) is 0. The SMILES string of the molecule is O=C(NCCO)c1cc([ClH+])ccc1OCC(=O)N1CCC(C(=O)c2ccc(F)cc2)CC1. The Balaban J connectivity index is 1.54. The maximum Gasteiger partial charge on any atom is 0.260 e. The number of carbonyl (C=O) groups excluding carboxylic acids is 3. The number of aliphatic hydroxyl groups is 1. The second-order valence-corrected chi connectivity index (χ2v) is 7.92. The number of nitrogens with zero attached hydrogens (tertiary/aromatic N) is 1. The number of benzene rings is 2. The third-order valence-corrected chi connectivity index (χ3v) is 5.55. The molecule has 1 heterocycles. The Morgan fingerprint density at radius 3 is 2.47 bits per heavy atom. The number of rotatable bonds is 8. The number of piperidine rings is 1. The monoisotopic (exact) mass is 463 g/mol. The van der Waals surface area contributed by atoms with Gasteiger partial charge in [-0.05, 0) is 43.2 Å². The van der Waals surface area contributed by atoms with Gasteiger partial charge in [-0.15, -0.1) is 0 Å². The molecule has 170 valence electrons. The van der Waals surface area contributed by atoms with Crippen molar-refractivity contribution in [3.05, 3.63) is 64.4 Å². The van der Waals surface area contributed by atoms with Gasteiger partial charge in [-0.2, -0.15) is 0 Å². The van der Waals surface area contributed by atoms with Crippen molar-refractivity contribution in [2.45, 2.75) is 12.8 Å². The van der Waals surface area contributed by atoms with E-state index in [0.29, 0.717) is 36.5 Å². The molecule has 2 N–H and O–H groups in total. The second-order valence-electron chi connectivity index (χ2n) is 7.45. The van der Waals surface area contributed by atoms with Crippen LogP contribution in [-0.4, -0.2) is 60.5 Å². The number of carbonyl (C=O) groups is 3. The molecule has 1 saturated heterocycles. The van der Waals surface area contributed by atoms with E-state index in [2.05, 4.69) is 5.32 Å². The Labute approximate surface area is 190 Å². The van der Waals surface area contributed by atoms with Gasteiger partial charge >= 0.3 is 0 Å². The Bertz CT molecular complexity index is 975. The average Bonchev–Trinajstić information content (AvgIpc) is 2.81. The van der Waals surface area contributed by atoms with Crippen molar-refractivity contribution < 1.29 is 40.2 Å². The summed E-state index contributed by atoms with van der Waals surface area (Å²) in [4.78, 5) is 39.1. The van der Waals surface area contributed by atoms with Crippen LogP contribution in [0.4, 0.5) is 4.39 Å². The standard InChI is InChI=1S/C23H24ClFN2O5/c24-17-3-6-20(19(13-17)23(31)26-9-12-28)32-14-21(29)27-10-7-16(8-11-27)22(30)15-1-4-18(25)5-2-15/h1-6,13,16,24,28H,7-12,14H2/p+1. The van der Waals surface area contributed by atoms with Crippen molar-refractivity contribution in [3.63, 3.8) is 0 Å². The third-order valence-electron chi connectivity index (χ3n) is 5.29. The van der Waals surface area contributed by atoms with Gasteiger partial charge in [0.15, 0.2) is 24.0 Å². The van der Waals surface area contributed by atoms with Crippen LogP contribution in [0.1, 0.15) is 33.6 Å². The summed E-state index contributed by atoms with van der Waals surface area (Å²) in [5.41, 5.74) is 0.666. The number of nitrogens with one attached hydrogen (secondary N) is 1. The lowest BCUT2D eigenvalue weighted by atomic mass is 9.89. The van der Waals surface area contributed by atoms with Crippen molar-refractivity contribution in [2.24, 2.45) is 5.92 Å². The molecule has 1 aliphatic rings. The van der Waals surface area contributed by atoms with E-state index in [4.69, 9.17) is 21.4 Å². The van der Waals surface area contributed by atoms with E-state index < -0.39 is 11.7 Å². The van der Waals surface area contributed by atoms with Crippen LogP contribution in [0.2, 0.25) is 5.02 Å². The van der Waals surface area contributed by atoms with Gasteiger partial charge in [0.25, 0.3) is 11.8 Å². The second kappa shape index (κ2) is 11.1. The Morgan fingerprint density at radius 2 is 1.81 bits per heavy atom. The van der Waals surface area contributed by atoms with Gasteiger partial charge in [0.1, 0.15) is 11.6 Å². The number of ether oxygens (including phenoxy) is 1. The van der Waals surface area contributed by atoms with Crippen LogP contribution in [0.15, 0.2) is 42.5 Å². The van der Waals surface area contributed by atoms with Gasteiger partial charge in [-0.3, -0.25) is 14.4 Å². The molecule has 1 fully saturated rings. The van der Waals surface area contributed by atoms with Crippen LogP contribution in [-0.2, 0) is 4.79 Å². The van der Waals surface area contributed by atoms with E-state index in [1.54, 1.807) is 11.0 Å². The molecular formula is C23H25ClFN2O5+. The summed E-state index contributed by atoms with van der Waals surface area (Å²) in [5, 5.41) is 11.9. The first-order valence-electron chi connectivity index (χ1n) is 10.3. The van der Waals surface area contributed by atoms with Crippen molar-refractivity contribution in [1.29, 1.82) is 0 Å². The summed E-state index contributed by atoms with van der Waals surface area (Å²) in [6.07, 6.45) is 1.03. The minimum Gasteiger partial charge on any atom is -0.483 e. The molecule has 2 amide bonds. The molecule has 0 spiro atoms. The highest BCUT2D eigenvalue weighted by atomic mass is 35.5. The largest absolute Gasteiger partial charge is 0.483 e. The van der Waals surface area contributed by atoms with Gasteiger partial charge in [0.2, 0.25) is 5.02 Å². The zero-order valence-electron chi connectivity index (χ0n) is 17.4. The van der Waals surface area contributed by atoms with Gasteiger partial charge < -0.3 is 20.1 Å². The lowest BCUT2D eigenvalue weighted by molar-refractivity contribution is -0.288. The number of ketones is 1. The normalized spacial score (nSPS) is 14.2. The van der Waals surface area contributed by atoms with Crippen LogP contribution in [0.3, 0.4) is 0 Å². The third kappa shape index (κ3) is 6.05. The predicted molar refractivity (Wildman–Crippen MR) is 112 cm³/mol. The molecule has 9 heteroatoms. The maximum atomic E-state index is 13.1. The highest BCUT2D eigenvalue weighted by Gasteiger charge is 2.28. The molecule has 0 radical (unpaired) electrons. The van der Waals surface area contributed by atoms with Gasteiger partial charge in [0.05, 0.1) is 12.2 Å². The molecule has 3 rings (SSSR count). The van der Waals surface area contributed by atoms with Crippen LogP contribution >= 0.6 is 0 Å². The Kier molecular flexibility index (Phi) is 8.19. The fourth-order valence-corrected chi connectivity index (χ4v) is 3.73. The highest BCUT2D eigenvalue weighted by Crippen LogP contribution is 2.24. The Hall–Kier alpha value is -2.97. The van der Waals surface area contributed by atoms with Gasteiger partial charge in [-0.25, -0.2) is 4.39 Å². The molecule has 0 bridgehead atoms. The molecule has 0 aromatic heterocycles. The summed E-state index contributed by atoms with van der Waals surface area (Å²) in [6, 6.07) is 10.1. The molecular weight excluding hydrogens is 439 g/mol. The first-order chi connectivity index (χ1) is 15.4. The van der Waals surface area contributed by atoms with Crippen molar-refractivity contribution in [2.75, 3.05) is 32.8 Å². The fraction of sp³-hybridized carbons (Fsp3) is 0.348. The molecule has 0 saturated carbocycles. The van der Waals surface area contributed by atoms with E-state index in [1.807, 2.05) is 0 Å². The number of likely N-dealkylation sites (tertiary alicyclic amines) is 1. The zero-order chi connectivity index (χ0) is 23.1. The summed E-state index contributed by atoms with van der Waals surface area (Å²) >= 11 is 5.10. The lowest BCUT2D eigenvalue weighted by Gasteiger charge is -2.31. The lowest BCUT2D eigenvalue weighted by Crippen LogP contribution is -2.42. The number of hydrogen-bond acceptors (Lipinski definition) is 5. The summed E-state index contributed by atoms with van der Waals surface area (Å²) < 4.78 is 18.7. The first kappa shape index (κ1) is 23.7. The van der Waals surface area contributed by atoms with Crippen LogP contribution in [0, 0.1) is 23.3 Å².